The number of benzene rings is 2. The fourth-order valence-electron chi connectivity index (χ4n) is 2.23. The minimum Gasteiger partial charge on any atom is -0.437 e. The van der Waals surface area contributed by atoms with E-state index < -0.39 is 10.0 Å². The number of oxazole rings is 1. The maximum atomic E-state index is 11.3. The van der Waals surface area contributed by atoms with E-state index in [0.29, 0.717) is 22.0 Å². The summed E-state index contributed by atoms with van der Waals surface area (Å²) in [5, 5.41) is 15.0. The van der Waals surface area contributed by atoms with E-state index in [1.165, 1.54) is 12.1 Å². The van der Waals surface area contributed by atoms with Crippen LogP contribution in [0, 0.1) is 0 Å². The van der Waals surface area contributed by atoms with Crippen molar-refractivity contribution in [1.29, 1.82) is 0 Å². The molecule has 0 unspecified atom stereocenters. The molecule has 0 aliphatic carbocycles. The maximum absolute atomic E-state index is 11.3. The summed E-state index contributed by atoms with van der Waals surface area (Å²) in [6.45, 7) is -0.351. The zero-order valence-electron chi connectivity index (χ0n) is 12.3. The lowest BCUT2D eigenvalue weighted by Crippen LogP contribution is -2.11. The number of nitrogens with two attached hydrogens (primary N) is 1. The van der Waals surface area contributed by atoms with Gasteiger partial charge in [0.15, 0.2) is 5.76 Å². The molecule has 0 saturated heterocycles. The van der Waals surface area contributed by atoms with Gasteiger partial charge in [-0.15, -0.1) is 0 Å². The minimum absolute atomic E-state index is 0.00110. The molecule has 0 aliphatic rings. The quantitative estimate of drug-likeness (QED) is 0.740. The summed E-state index contributed by atoms with van der Waals surface area (Å²) < 4.78 is 28.3. The van der Waals surface area contributed by atoms with Gasteiger partial charge in [-0.05, 0) is 36.4 Å². The Morgan fingerprint density at radius 2 is 1.62 bits per heavy atom. The number of aromatic nitrogens is 1. The summed E-state index contributed by atoms with van der Waals surface area (Å²) in [4.78, 5) is 4.27. The molecule has 8 heteroatoms. The van der Waals surface area contributed by atoms with E-state index in [-0.39, 0.29) is 17.4 Å². The average molecular weight is 365 g/mol. The highest BCUT2D eigenvalue weighted by atomic mass is 35.5. The van der Waals surface area contributed by atoms with Gasteiger partial charge in [-0.2, -0.15) is 0 Å². The standard InChI is InChI=1S/C16H13ClN2O4S/c17-12-5-1-10(2-6-12)15-16(23-14(9-20)19-15)11-3-7-13(8-4-11)24(18,21)22/h1-8,20H,9H2,(H2,18,21,22). The molecule has 124 valence electrons. The van der Waals surface area contributed by atoms with Crippen LogP contribution in [0.3, 0.4) is 0 Å². The van der Waals surface area contributed by atoms with Crippen molar-refractivity contribution in [2.24, 2.45) is 5.14 Å². The highest BCUT2D eigenvalue weighted by Gasteiger charge is 2.17. The second kappa shape index (κ2) is 6.37. The topological polar surface area (TPSA) is 106 Å². The van der Waals surface area contributed by atoms with Crippen molar-refractivity contribution < 1.29 is 17.9 Å². The van der Waals surface area contributed by atoms with Gasteiger partial charge >= 0.3 is 0 Å². The molecule has 2 aromatic carbocycles. The number of aliphatic hydroxyl groups is 1. The van der Waals surface area contributed by atoms with Gasteiger partial charge in [-0.3, -0.25) is 0 Å². The number of rotatable bonds is 4. The molecule has 0 saturated carbocycles. The van der Waals surface area contributed by atoms with Gasteiger partial charge in [0.2, 0.25) is 15.9 Å². The van der Waals surface area contributed by atoms with Crippen LogP contribution in [0.1, 0.15) is 5.89 Å². The van der Waals surface area contributed by atoms with Gasteiger partial charge in [-0.25, -0.2) is 18.5 Å². The van der Waals surface area contributed by atoms with Crippen LogP contribution in [0.5, 0.6) is 0 Å². The molecule has 1 aromatic heterocycles. The normalized spacial score (nSPS) is 11.6. The SMILES string of the molecule is NS(=O)(=O)c1ccc(-c2oc(CO)nc2-c2ccc(Cl)cc2)cc1. The highest BCUT2D eigenvalue weighted by molar-refractivity contribution is 7.89. The first-order chi connectivity index (χ1) is 11.4. The summed E-state index contributed by atoms with van der Waals surface area (Å²) in [7, 11) is -3.77. The summed E-state index contributed by atoms with van der Waals surface area (Å²) in [6.07, 6.45) is 0. The molecule has 0 spiro atoms. The summed E-state index contributed by atoms with van der Waals surface area (Å²) in [5.41, 5.74) is 1.90. The van der Waals surface area contributed by atoms with Crippen LogP contribution in [-0.4, -0.2) is 18.5 Å². The Hall–Kier alpha value is -2.19. The molecule has 0 radical (unpaired) electrons. The van der Waals surface area contributed by atoms with E-state index in [4.69, 9.17) is 21.2 Å². The Morgan fingerprint density at radius 1 is 1.04 bits per heavy atom. The third-order valence-corrected chi connectivity index (χ3v) is 4.55. The Bertz CT molecular complexity index is 964. The Kier molecular flexibility index (Phi) is 4.42. The molecule has 24 heavy (non-hydrogen) atoms. The van der Waals surface area contributed by atoms with E-state index in [1.54, 1.807) is 36.4 Å². The van der Waals surface area contributed by atoms with Crippen molar-refractivity contribution in [1.82, 2.24) is 4.98 Å². The monoisotopic (exact) mass is 364 g/mol. The zero-order valence-corrected chi connectivity index (χ0v) is 13.9. The number of aliphatic hydroxyl groups excluding tert-OH is 1. The zero-order chi connectivity index (χ0) is 17.3. The molecular formula is C16H13ClN2O4S. The lowest BCUT2D eigenvalue weighted by atomic mass is 10.1. The number of hydrogen-bond donors (Lipinski definition) is 2. The molecular weight excluding hydrogens is 352 g/mol. The van der Waals surface area contributed by atoms with Gasteiger partial charge in [0.05, 0.1) is 4.90 Å². The van der Waals surface area contributed by atoms with E-state index in [0.717, 1.165) is 5.56 Å². The lowest BCUT2D eigenvalue weighted by molar-refractivity contribution is 0.241. The molecule has 0 atom stereocenters. The van der Waals surface area contributed by atoms with Crippen LogP contribution >= 0.6 is 11.6 Å². The molecule has 6 nitrogen and oxygen atoms in total. The van der Waals surface area contributed by atoms with Gasteiger partial charge in [0, 0.05) is 16.1 Å². The molecule has 0 amide bonds. The smallest absolute Gasteiger partial charge is 0.238 e. The Morgan fingerprint density at radius 3 is 2.17 bits per heavy atom. The van der Waals surface area contributed by atoms with E-state index in [1.807, 2.05) is 0 Å². The second-order valence-electron chi connectivity index (χ2n) is 5.02. The van der Waals surface area contributed by atoms with Gasteiger partial charge in [-0.1, -0.05) is 23.7 Å². The Balaban J connectivity index is 2.10. The van der Waals surface area contributed by atoms with E-state index in [9.17, 15) is 13.5 Å². The third kappa shape index (κ3) is 3.34. The highest BCUT2D eigenvalue weighted by Crippen LogP contribution is 2.33. The van der Waals surface area contributed by atoms with Gasteiger partial charge in [0.25, 0.3) is 0 Å². The lowest BCUT2D eigenvalue weighted by Gasteiger charge is -2.03. The number of nitrogens with zero attached hydrogens (tertiary/aromatic N) is 1. The summed E-state index contributed by atoms with van der Waals surface area (Å²) in [6, 6.07) is 12.9. The molecule has 3 N–H and O–H groups in total. The van der Waals surface area contributed by atoms with Crippen LogP contribution in [0.25, 0.3) is 22.6 Å². The summed E-state index contributed by atoms with van der Waals surface area (Å²) >= 11 is 5.90. The van der Waals surface area contributed by atoms with Gasteiger partial charge in [0.1, 0.15) is 12.3 Å². The maximum Gasteiger partial charge on any atom is 0.238 e. The third-order valence-electron chi connectivity index (χ3n) is 3.37. The second-order valence-corrected chi connectivity index (χ2v) is 7.02. The molecule has 0 bridgehead atoms. The van der Waals surface area contributed by atoms with Crippen LogP contribution in [-0.2, 0) is 16.6 Å². The van der Waals surface area contributed by atoms with Crippen molar-refractivity contribution in [3.63, 3.8) is 0 Å². The number of primary sulfonamides is 1. The van der Waals surface area contributed by atoms with Crippen molar-refractivity contribution in [2.75, 3.05) is 0 Å². The van der Waals surface area contributed by atoms with Crippen molar-refractivity contribution in [2.45, 2.75) is 11.5 Å². The molecule has 0 fully saturated rings. The van der Waals surface area contributed by atoms with Crippen LogP contribution in [0.2, 0.25) is 5.02 Å². The first-order valence-corrected chi connectivity index (χ1v) is 8.80. The van der Waals surface area contributed by atoms with Crippen LogP contribution in [0.15, 0.2) is 57.8 Å². The number of sulfonamides is 1. The molecule has 3 rings (SSSR count). The minimum atomic E-state index is -3.77. The fraction of sp³-hybridized carbons (Fsp3) is 0.0625. The molecule has 3 aromatic rings. The first-order valence-electron chi connectivity index (χ1n) is 6.88. The van der Waals surface area contributed by atoms with Crippen molar-refractivity contribution in [3.05, 3.63) is 59.4 Å². The predicted octanol–water partition coefficient (Wildman–Crippen LogP) is 2.80. The largest absolute Gasteiger partial charge is 0.437 e. The summed E-state index contributed by atoms with van der Waals surface area (Å²) in [5.74, 6) is 0.577. The van der Waals surface area contributed by atoms with Crippen LogP contribution < -0.4 is 5.14 Å². The average Bonchev–Trinajstić information content (AvgIpc) is 2.99. The fourth-order valence-corrected chi connectivity index (χ4v) is 2.87. The molecule has 1 heterocycles. The van der Waals surface area contributed by atoms with E-state index in [2.05, 4.69) is 4.98 Å². The number of hydrogen-bond acceptors (Lipinski definition) is 5. The molecule has 0 aliphatic heterocycles. The number of halogens is 1. The van der Waals surface area contributed by atoms with Crippen molar-refractivity contribution in [3.8, 4) is 22.6 Å². The Labute approximate surface area is 143 Å². The van der Waals surface area contributed by atoms with Gasteiger partial charge < -0.3 is 9.52 Å². The van der Waals surface area contributed by atoms with Crippen LogP contribution in [0.4, 0.5) is 0 Å². The predicted molar refractivity (Wildman–Crippen MR) is 89.7 cm³/mol. The van der Waals surface area contributed by atoms with E-state index >= 15 is 0 Å². The first kappa shape index (κ1) is 16.7. The van der Waals surface area contributed by atoms with Crippen molar-refractivity contribution >= 4 is 21.6 Å².